The van der Waals surface area contributed by atoms with Gasteiger partial charge in [0.2, 0.25) is 0 Å². The van der Waals surface area contributed by atoms with Gasteiger partial charge in [0.15, 0.2) is 0 Å². The molecule has 0 amide bonds. The summed E-state index contributed by atoms with van der Waals surface area (Å²) in [5.74, 6) is 0. The molecule has 116 valence electrons. The summed E-state index contributed by atoms with van der Waals surface area (Å²) in [5, 5.41) is 14.5. The number of rotatable bonds is 6. The first-order chi connectivity index (χ1) is 10.1. The van der Waals surface area contributed by atoms with Crippen molar-refractivity contribution in [2.75, 3.05) is 19.6 Å². The first-order valence-electron chi connectivity index (χ1n) is 7.50. The fourth-order valence-electron chi connectivity index (χ4n) is 2.87. The Morgan fingerprint density at radius 1 is 1.52 bits per heavy atom. The number of hydrogen-bond donors (Lipinski definition) is 1. The third-order valence-corrected chi connectivity index (χ3v) is 4.84. The van der Waals surface area contributed by atoms with Crippen LogP contribution < -0.4 is 5.32 Å². The van der Waals surface area contributed by atoms with Crippen molar-refractivity contribution < 1.29 is 4.92 Å². The van der Waals surface area contributed by atoms with Crippen molar-refractivity contribution in [2.45, 2.75) is 38.8 Å². The molecule has 1 saturated heterocycles. The second kappa shape index (κ2) is 7.87. The lowest BCUT2D eigenvalue weighted by atomic mass is 10.0. The summed E-state index contributed by atoms with van der Waals surface area (Å²) in [5.41, 5.74) is 1.13. The Labute approximate surface area is 134 Å². The van der Waals surface area contributed by atoms with E-state index in [9.17, 15) is 10.1 Å². The lowest BCUT2D eigenvalue weighted by Crippen LogP contribution is -2.45. The fraction of sp³-hybridized carbons (Fsp3) is 0.600. The molecule has 5 nitrogen and oxygen atoms in total. The van der Waals surface area contributed by atoms with Gasteiger partial charge in [-0.15, -0.1) is 0 Å². The van der Waals surface area contributed by atoms with Gasteiger partial charge >= 0.3 is 0 Å². The maximum absolute atomic E-state index is 11.0. The number of nitro groups is 1. The molecule has 1 fully saturated rings. The third-order valence-electron chi connectivity index (χ3n) is 3.93. The van der Waals surface area contributed by atoms with Gasteiger partial charge < -0.3 is 5.32 Å². The predicted molar refractivity (Wildman–Crippen MR) is 87.4 cm³/mol. The second-order valence-electron chi connectivity index (χ2n) is 5.48. The summed E-state index contributed by atoms with van der Waals surface area (Å²) in [6.07, 6.45) is 3.48. The van der Waals surface area contributed by atoms with E-state index in [0.29, 0.717) is 10.5 Å². The molecular formula is C15H22BrN3O2. The highest BCUT2D eigenvalue weighted by atomic mass is 79.9. The first-order valence-corrected chi connectivity index (χ1v) is 8.29. The Balaban J connectivity index is 2.16. The van der Waals surface area contributed by atoms with Gasteiger partial charge in [-0.25, -0.2) is 0 Å². The van der Waals surface area contributed by atoms with E-state index in [0.717, 1.165) is 38.2 Å². The van der Waals surface area contributed by atoms with Crippen LogP contribution in [0.4, 0.5) is 5.69 Å². The molecule has 0 bridgehead atoms. The standard InChI is InChI=1S/C15H22BrN3O2/c1-2-9-18(13-6-4-8-17-10-13)11-12-5-3-7-14(15(12)16)19(20)21/h3,5,7,13,17H,2,4,6,8-11H2,1H3. The minimum atomic E-state index is -0.333. The van der Waals surface area contributed by atoms with Crippen LogP contribution in [0.15, 0.2) is 22.7 Å². The molecule has 21 heavy (non-hydrogen) atoms. The van der Waals surface area contributed by atoms with E-state index in [1.54, 1.807) is 12.1 Å². The van der Waals surface area contributed by atoms with Crippen LogP contribution in [0.25, 0.3) is 0 Å². The molecule has 0 aliphatic carbocycles. The van der Waals surface area contributed by atoms with Crippen molar-refractivity contribution in [2.24, 2.45) is 0 Å². The monoisotopic (exact) mass is 355 g/mol. The second-order valence-corrected chi connectivity index (χ2v) is 6.27. The minimum absolute atomic E-state index is 0.144. The number of nitrogens with one attached hydrogen (secondary N) is 1. The van der Waals surface area contributed by atoms with Gasteiger partial charge in [0.1, 0.15) is 0 Å². The largest absolute Gasteiger partial charge is 0.315 e. The number of hydrogen-bond acceptors (Lipinski definition) is 4. The van der Waals surface area contributed by atoms with E-state index in [4.69, 9.17) is 0 Å². The SMILES string of the molecule is CCCN(Cc1cccc([N+](=O)[O-])c1Br)C1CCCNC1. The highest BCUT2D eigenvalue weighted by Gasteiger charge is 2.23. The van der Waals surface area contributed by atoms with Crippen molar-refractivity contribution in [1.82, 2.24) is 10.2 Å². The van der Waals surface area contributed by atoms with Crippen molar-refractivity contribution in [1.29, 1.82) is 0 Å². The molecule has 1 aliphatic heterocycles. The summed E-state index contributed by atoms with van der Waals surface area (Å²) in [4.78, 5) is 13.1. The van der Waals surface area contributed by atoms with Crippen molar-refractivity contribution >= 4 is 21.6 Å². The highest BCUT2D eigenvalue weighted by molar-refractivity contribution is 9.10. The van der Waals surface area contributed by atoms with E-state index in [-0.39, 0.29) is 10.6 Å². The van der Waals surface area contributed by atoms with Gasteiger partial charge in [-0.3, -0.25) is 15.0 Å². The number of halogens is 1. The Bertz CT molecular complexity index is 490. The van der Waals surface area contributed by atoms with E-state index in [2.05, 4.69) is 33.1 Å². The predicted octanol–water partition coefficient (Wildman–Crippen LogP) is 3.32. The smallest absolute Gasteiger partial charge is 0.283 e. The van der Waals surface area contributed by atoms with Crippen LogP contribution in [-0.2, 0) is 6.54 Å². The van der Waals surface area contributed by atoms with Crippen LogP contribution in [0.1, 0.15) is 31.7 Å². The maximum Gasteiger partial charge on any atom is 0.283 e. The maximum atomic E-state index is 11.0. The Morgan fingerprint density at radius 3 is 2.95 bits per heavy atom. The lowest BCUT2D eigenvalue weighted by molar-refractivity contribution is -0.385. The van der Waals surface area contributed by atoms with Crippen molar-refractivity contribution in [3.05, 3.63) is 38.3 Å². The number of nitrogens with zero attached hydrogens (tertiary/aromatic N) is 2. The van der Waals surface area contributed by atoms with Crippen molar-refractivity contribution in [3.8, 4) is 0 Å². The van der Waals surface area contributed by atoms with Crippen LogP contribution in [0.3, 0.4) is 0 Å². The summed E-state index contributed by atoms with van der Waals surface area (Å²) in [6.45, 7) is 6.04. The van der Waals surface area contributed by atoms with Crippen LogP contribution in [0.2, 0.25) is 0 Å². The zero-order chi connectivity index (χ0) is 15.2. The molecule has 1 atom stereocenters. The number of nitro benzene ring substituents is 1. The quantitative estimate of drug-likeness (QED) is 0.628. The van der Waals surface area contributed by atoms with Gasteiger partial charge in [-0.05, 0) is 53.8 Å². The van der Waals surface area contributed by atoms with Gasteiger partial charge in [-0.1, -0.05) is 19.1 Å². The van der Waals surface area contributed by atoms with Crippen LogP contribution in [0, 0.1) is 10.1 Å². The average Bonchev–Trinajstić information content (AvgIpc) is 2.49. The van der Waals surface area contributed by atoms with Crippen LogP contribution >= 0.6 is 15.9 Å². The molecular weight excluding hydrogens is 334 g/mol. The topological polar surface area (TPSA) is 58.4 Å². The molecule has 0 saturated carbocycles. The van der Waals surface area contributed by atoms with E-state index >= 15 is 0 Å². The molecule has 1 heterocycles. The molecule has 0 radical (unpaired) electrons. The summed E-state index contributed by atoms with van der Waals surface area (Å²) in [7, 11) is 0. The molecule has 1 N–H and O–H groups in total. The van der Waals surface area contributed by atoms with E-state index in [1.807, 2.05) is 6.07 Å². The Kier molecular flexibility index (Phi) is 6.14. The Hall–Kier alpha value is -0.980. The third kappa shape index (κ3) is 4.25. The summed E-state index contributed by atoms with van der Waals surface area (Å²) < 4.78 is 0.611. The molecule has 1 aliphatic rings. The minimum Gasteiger partial charge on any atom is -0.315 e. The first kappa shape index (κ1) is 16.4. The fourth-order valence-corrected chi connectivity index (χ4v) is 3.41. The molecule has 1 unspecified atom stereocenters. The van der Waals surface area contributed by atoms with Gasteiger partial charge in [0.05, 0.1) is 9.40 Å². The molecule has 1 aromatic rings. The Morgan fingerprint density at radius 2 is 2.33 bits per heavy atom. The zero-order valence-electron chi connectivity index (χ0n) is 12.3. The van der Waals surface area contributed by atoms with Gasteiger partial charge in [-0.2, -0.15) is 0 Å². The molecule has 2 rings (SSSR count). The molecule has 1 aromatic carbocycles. The van der Waals surface area contributed by atoms with Gasteiger partial charge in [0, 0.05) is 25.2 Å². The summed E-state index contributed by atoms with van der Waals surface area (Å²) >= 11 is 3.40. The number of benzene rings is 1. The normalized spacial score (nSPS) is 18.9. The molecule has 0 aromatic heterocycles. The highest BCUT2D eigenvalue weighted by Crippen LogP contribution is 2.29. The van der Waals surface area contributed by atoms with E-state index in [1.165, 1.54) is 12.8 Å². The lowest BCUT2D eigenvalue weighted by Gasteiger charge is -2.34. The molecule has 6 heteroatoms. The number of piperidine rings is 1. The molecule has 0 spiro atoms. The van der Waals surface area contributed by atoms with Gasteiger partial charge in [0.25, 0.3) is 5.69 Å². The van der Waals surface area contributed by atoms with E-state index < -0.39 is 0 Å². The zero-order valence-corrected chi connectivity index (χ0v) is 13.9. The van der Waals surface area contributed by atoms with Crippen LogP contribution in [0.5, 0.6) is 0 Å². The summed E-state index contributed by atoms with van der Waals surface area (Å²) in [6, 6.07) is 5.79. The van der Waals surface area contributed by atoms with Crippen LogP contribution in [-0.4, -0.2) is 35.5 Å². The van der Waals surface area contributed by atoms with Crippen molar-refractivity contribution in [3.63, 3.8) is 0 Å². The average molecular weight is 356 g/mol.